The highest BCUT2D eigenvalue weighted by Crippen LogP contribution is 2.14. The smallest absolute Gasteiger partial charge is 0.323 e. The van der Waals surface area contributed by atoms with Crippen molar-refractivity contribution in [2.24, 2.45) is 0 Å². The van der Waals surface area contributed by atoms with Crippen molar-refractivity contribution in [2.45, 2.75) is 25.8 Å². The molecule has 1 unspecified atom stereocenters. The van der Waals surface area contributed by atoms with Gasteiger partial charge in [0.15, 0.2) is 0 Å². The number of rotatable bonds is 5. The van der Waals surface area contributed by atoms with Crippen LogP contribution in [0, 0.1) is 0 Å². The third kappa shape index (κ3) is 3.20. The fraction of sp³-hybridized carbons (Fsp3) is 0.800. The average Bonchev–Trinajstić information content (AvgIpc) is 2.65. The van der Waals surface area contributed by atoms with Crippen LogP contribution < -0.4 is 0 Å². The molecule has 86 valence electrons. The largest absolute Gasteiger partial charge is 0.469 e. The first-order valence-corrected chi connectivity index (χ1v) is 5.16. The van der Waals surface area contributed by atoms with Crippen molar-refractivity contribution >= 4 is 11.9 Å². The fourth-order valence-corrected chi connectivity index (χ4v) is 1.69. The van der Waals surface area contributed by atoms with Gasteiger partial charge in [0.05, 0.1) is 20.1 Å². The first-order chi connectivity index (χ1) is 7.19. The van der Waals surface area contributed by atoms with Crippen LogP contribution in [0.3, 0.4) is 0 Å². The molecular weight excluding hydrogens is 198 g/mol. The lowest BCUT2D eigenvalue weighted by atomic mass is 10.2. The maximum absolute atomic E-state index is 11.3. The van der Waals surface area contributed by atoms with Gasteiger partial charge in [-0.1, -0.05) is 6.92 Å². The van der Waals surface area contributed by atoms with Gasteiger partial charge in [0.2, 0.25) is 0 Å². The van der Waals surface area contributed by atoms with Gasteiger partial charge in [-0.25, -0.2) is 0 Å². The van der Waals surface area contributed by atoms with E-state index in [1.165, 1.54) is 7.11 Å². The molecule has 0 N–H and O–H groups in total. The number of cyclic esters (lactones) is 1. The van der Waals surface area contributed by atoms with Crippen LogP contribution in [0.2, 0.25) is 0 Å². The molecule has 1 heterocycles. The third-order valence-corrected chi connectivity index (χ3v) is 2.59. The van der Waals surface area contributed by atoms with Crippen LogP contribution in [0.15, 0.2) is 0 Å². The van der Waals surface area contributed by atoms with Crippen molar-refractivity contribution in [3.05, 3.63) is 0 Å². The number of hydrogen-bond donors (Lipinski definition) is 0. The lowest BCUT2D eigenvalue weighted by Gasteiger charge is -2.23. The molecule has 0 aliphatic carbocycles. The molecule has 0 saturated carbocycles. The molecule has 1 rings (SSSR count). The molecule has 0 radical (unpaired) electrons. The predicted molar refractivity (Wildman–Crippen MR) is 53.2 cm³/mol. The number of carbonyl (C=O) groups excluding carboxylic acids is 2. The summed E-state index contributed by atoms with van der Waals surface area (Å²) in [4.78, 5) is 24.2. The van der Waals surface area contributed by atoms with Crippen LogP contribution in [0.1, 0.15) is 19.8 Å². The Morgan fingerprint density at radius 2 is 2.40 bits per heavy atom. The maximum atomic E-state index is 11.3. The molecular formula is C10H17NO4. The summed E-state index contributed by atoms with van der Waals surface area (Å²) in [6.07, 6.45) is 1.03. The number of carbonyl (C=O) groups is 2. The molecule has 0 aromatic rings. The summed E-state index contributed by atoms with van der Waals surface area (Å²) in [6, 6.07) is -0.181. The number of hydrogen-bond acceptors (Lipinski definition) is 5. The van der Waals surface area contributed by atoms with Gasteiger partial charge in [-0.3, -0.25) is 14.5 Å². The van der Waals surface area contributed by atoms with E-state index in [-0.39, 0.29) is 18.0 Å². The molecule has 0 spiro atoms. The van der Waals surface area contributed by atoms with E-state index < -0.39 is 0 Å². The van der Waals surface area contributed by atoms with Crippen molar-refractivity contribution in [3.8, 4) is 0 Å². The van der Waals surface area contributed by atoms with Crippen molar-refractivity contribution in [2.75, 3.05) is 26.8 Å². The second-order valence-electron chi connectivity index (χ2n) is 3.43. The molecule has 15 heavy (non-hydrogen) atoms. The molecule has 0 amide bonds. The second kappa shape index (κ2) is 5.70. The van der Waals surface area contributed by atoms with E-state index in [0.717, 1.165) is 6.54 Å². The summed E-state index contributed by atoms with van der Waals surface area (Å²) in [5, 5.41) is 0. The zero-order valence-electron chi connectivity index (χ0n) is 9.19. The Morgan fingerprint density at radius 1 is 1.67 bits per heavy atom. The van der Waals surface area contributed by atoms with E-state index in [0.29, 0.717) is 26.0 Å². The Balaban J connectivity index is 2.41. The van der Waals surface area contributed by atoms with Crippen LogP contribution in [0.5, 0.6) is 0 Å². The van der Waals surface area contributed by atoms with Crippen molar-refractivity contribution < 1.29 is 19.1 Å². The van der Waals surface area contributed by atoms with Crippen LogP contribution in [-0.2, 0) is 19.1 Å². The standard InChI is InChI=1S/C10H17NO4/c1-3-11(6-4-9(12)14-2)8-5-7-15-10(8)13/h8H,3-7H2,1-2H3. The molecule has 1 fully saturated rings. The maximum Gasteiger partial charge on any atom is 0.323 e. The number of ether oxygens (including phenoxy) is 2. The Hall–Kier alpha value is -1.10. The molecule has 5 nitrogen and oxygen atoms in total. The topological polar surface area (TPSA) is 55.8 Å². The lowest BCUT2D eigenvalue weighted by Crippen LogP contribution is -2.39. The summed E-state index contributed by atoms with van der Waals surface area (Å²) in [6.45, 7) is 3.72. The summed E-state index contributed by atoms with van der Waals surface area (Å²) < 4.78 is 9.44. The molecule has 1 aliphatic rings. The molecule has 5 heteroatoms. The normalized spacial score (nSPS) is 20.5. The fourth-order valence-electron chi connectivity index (χ4n) is 1.69. The summed E-state index contributed by atoms with van der Waals surface area (Å²) in [5.41, 5.74) is 0. The highest BCUT2D eigenvalue weighted by atomic mass is 16.5. The second-order valence-corrected chi connectivity index (χ2v) is 3.43. The van der Waals surface area contributed by atoms with Gasteiger partial charge < -0.3 is 9.47 Å². The third-order valence-electron chi connectivity index (χ3n) is 2.59. The van der Waals surface area contributed by atoms with Gasteiger partial charge >= 0.3 is 11.9 Å². The van der Waals surface area contributed by atoms with E-state index in [9.17, 15) is 9.59 Å². The molecule has 0 aromatic heterocycles. The lowest BCUT2D eigenvalue weighted by molar-refractivity contribution is -0.144. The summed E-state index contributed by atoms with van der Waals surface area (Å²) >= 11 is 0. The SMILES string of the molecule is CCN(CCC(=O)OC)C1CCOC1=O. The number of methoxy groups -OCH3 is 1. The van der Waals surface area contributed by atoms with E-state index in [1.807, 2.05) is 11.8 Å². The summed E-state index contributed by atoms with van der Waals surface area (Å²) in [5.74, 6) is -0.429. The zero-order chi connectivity index (χ0) is 11.3. The first kappa shape index (κ1) is 12.0. The molecule has 1 atom stereocenters. The van der Waals surface area contributed by atoms with Gasteiger partial charge in [0, 0.05) is 13.0 Å². The highest BCUT2D eigenvalue weighted by molar-refractivity contribution is 5.77. The van der Waals surface area contributed by atoms with Crippen LogP contribution in [-0.4, -0.2) is 49.7 Å². The first-order valence-electron chi connectivity index (χ1n) is 5.16. The van der Waals surface area contributed by atoms with Crippen LogP contribution >= 0.6 is 0 Å². The minimum absolute atomic E-state index is 0.179. The highest BCUT2D eigenvalue weighted by Gasteiger charge is 2.31. The van der Waals surface area contributed by atoms with E-state index >= 15 is 0 Å². The Kier molecular flexibility index (Phi) is 4.55. The van der Waals surface area contributed by atoms with Gasteiger partial charge in [-0.05, 0) is 6.54 Å². The minimum atomic E-state index is -0.250. The van der Waals surface area contributed by atoms with Crippen LogP contribution in [0.4, 0.5) is 0 Å². The minimum Gasteiger partial charge on any atom is -0.469 e. The van der Waals surface area contributed by atoms with Gasteiger partial charge in [-0.2, -0.15) is 0 Å². The monoisotopic (exact) mass is 215 g/mol. The van der Waals surface area contributed by atoms with Crippen molar-refractivity contribution in [3.63, 3.8) is 0 Å². The molecule has 1 aliphatic heterocycles. The van der Waals surface area contributed by atoms with Gasteiger partial charge in [0.25, 0.3) is 0 Å². The zero-order valence-corrected chi connectivity index (χ0v) is 9.19. The quantitative estimate of drug-likeness (QED) is 0.613. The average molecular weight is 215 g/mol. The van der Waals surface area contributed by atoms with E-state index in [4.69, 9.17) is 4.74 Å². The van der Waals surface area contributed by atoms with Crippen molar-refractivity contribution in [1.82, 2.24) is 4.90 Å². The molecule has 0 bridgehead atoms. The number of likely N-dealkylation sites (N-methyl/N-ethyl adjacent to an activating group) is 1. The summed E-state index contributed by atoms with van der Waals surface area (Å²) in [7, 11) is 1.36. The van der Waals surface area contributed by atoms with E-state index in [1.54, 1.807) is 0 Å². The number of esters is 2. The Bertz CT molecular complexity index is 242. The number of nitrogens with zero attached hydrogens (tertiary/aromatic N) is 1. The van der Waals surface area contributed by atoms with Gasteiger partial charge in [-0.15, -0.1) is 0 Å². The predicted octanol–water partition coefficient (Wildman–Crippen LogP) is 0.187. The molecule has 1 saturated heterocycles. The van der Waals surface area contributed by atoms with Gasteiger partial charge in [0.1, 0.15) is 6.04 Å². The Labute approximate surface area is 89.3 Å². The van der Waals surface area contributed by atoms with Crippen LogP contribution in [0.25, 0.3) is 0 Å². The van der Waals surface area contributed by atoms with Crippen molar-refractivity contribution in [1.29, 1.82) is 0 Å². The molecule has 0 aromatic carbocycles. The Morgan fingerprint density at radius 3 is 2.87 bits per heavy atom. The van der Waals surface area contributed by atoms with E-state index in [2.05, 4.69) is 4.74 Å².